The van der Waals surface area contributed by atoms with Gasteiger partial charge in [-0.05, 0) is 32.9 Å². The van der Waals surface area contributed by atoms with Gasteiger partial charge in [-0.25, -0.2) is 0 Å². The molecular weight excluding hydrogens is 164 g/mol. The van der Waals surface area contributed by atoms with Crippen molar-refractivity contribution >= 4 is 8.74 Å². The van der Waals surface area contributed by atoms with Crippen molar-refractivity contribution in [3.05, 3.63) is 0 Å². The number of hydrogen-bond donors (Lipinski definition) is 0. The summed E-state index contributed by atoms with van der Waals surface area (Å²) in [5, 5.41) is 8.51. The molecule has 0 bridgehead atoms. The minimum atomic E-state index is -3.93. The summed E-state index contributed by atoms with van der Waals surface area (Å²) in [6, 6.07) is 1.93. The zero-order chi connectivity index (χ0) is 9.12. The van der Waals surface area contributed by atoms with Gasteiger partial charge in [-0.15, -0.1) is 0 Å². The fourth-order valence-electron chi connectivity index (χ4n) is 0.588. The Hall–Kier alpha value is -0.433. The molecule has 1 nitrogen and oxygen atoms in total. The van der Waals surface area contributed by atoms with Gasteiger partial charge in [-0.2, -0.15) is 5.26 Å². The molecule has 0 N–H and O–H groups in total. The molecule has 0 saturated heterocycles. The van der Waals surface area contributed by atoms with Gasteiger partial charge in [-0.3, -0.25) is 8.22 Å². The molecule has 0 fully saturated rings. The summed E-state index contributed by atoms with van der Waals surface area (Å²) in [5.74, 6) is 0. The Morgan fingerprint density at radius 1 is 1.45 bits per heavy atom. The highest BCUT2D eigenvalue weighted by molar-refractivity contribution is 6.64. The second-order valence-corrected chi connectivity index (χ2v) is 6.21. The molecule has 0 aromatic rings. The van der Waals surface area contributed by atoms with Crippen LogP contribution in [0.4, 0.5) is 8.22 Å². The lowest BCUT2D eigenvalue weighted by Crippen LogP contribution is -2.20. The van der Waals surface area contributed by atoms with Crippen molar-refractivity contribution in [2.24, 2.45) is 5.41 Å². The Morgan fingerprint density at radius 3 is 2.18 bits per heavy atom. The normalized spacial score (nSPS) is 12.7. The number of nitriles is 1. The smallest absolute Gasteiger partial charge is 0.271 e. The average molecular weight is 177 g/mol. The van der Waals surface area contributed by atoms with Crippen LogP contribution in [0.1, 0.15) is 20.3 Å². The Labute approximate surface area is 67.4 Å². The van der Waals surface area contributed by atoms with Crippen LogP contribution in [0.15, 0.2) is 0 Å². The third-order valence-electron chi connectivity index (χ3n) is 1.49. The maximum Gasteiger partial charge on any atom is 0.422 e. The Kier molecular flexibility index (Phi) is 3.18. The summed E-state index contributed by atoms with van der Waals surface area (Å²) in [7, 11) is -3.93. The fourth-order valence-corrected chi connectivity index (χ4v) is 1.65. The van der Waals surface area contributed by atoms with E-state index in [1.165, 1.54) is 0 Å². The van der Waals surface area contributed by atoms with Crippen molar-refractivity contribution in [2.75, 3.05) is 0 Å². The zero-order valence-corrected chi connectivity index (χ0v) is 8.12. The number of rotatable bonds is 3. The van der Waals surface area contributed by atoms with Gasteiger partial charge < -0.3 is 0 Å². The first-order valence-electron chi connectivity index (χ1n) is 3.56. The molecule has 0 unspecified atom stereocenters. The van der Waals surface area contributed by atoms with E-state index in [9.17, 15) is 8.22 Å². The van der Waals surface area contributed by atoms with Gasteiger partial charge in [0.05, 0.1) is 11.5 Å². The summed E-state index contributed by atoms with van der Waals surface area (Å²) < 4.78 is 24.8. The third-order valence-corrected chi connectivity index (χ3v) is 2.62. The molecule has 0 rings (SSSR count). The summed E-state index contributed by atoms with van der Waals surface area (Å²) in [4.78, 5) is 0. The highest BCUT2D eigenvalue weighted by atomic mass is 28.4. The highest BCUT2D eigenvalue weighted by Gasteiger charge is 2.31. The van der Waals surface area contributed by atoms with E-state index in [1.807, 2.05) is 6.07 Å². The molecule has 0 spiro atoms. The second-order valence-electron chi connectivity index (χ2n) is 3.57. The van der Waals surface area contributed by atoms with Crippen LogP contribution >= 0.6 is 0 Å². The minimum absolute atomic E-state index is 0.0758. The van der Waals surface area contributed by atoms with Gasteiger partial charge in [-0.1, -0.05) is 0 Å². The van der Waals surface area contributed by atoms with Crippen molar-refractivity contribution < 1.29 is 8.22 Å². The van der Waals surface area contributed by atoms with Gasteiger partial charge in [0, 0.05) is 0 Å². The Morgan fingerprint density at radius 2 is 1.91 bits per heavy atom. The largest absolute Gasteiger partial charge is 0.422 e. The first kappa shape index (κ1) is 10.6. The number of nitrogens with zero attached hydrogens (tertiary/aromatic N) is 1. The summed E-state index contributed by atoms with van der Waals surface area (Å²) in [6.07, 6.45) is 0.305. The van der Waals surface area contributed by atoms with Crippen molar-refractivity contribution in [3.8, 4) is 6.07 Å². The summed E-state index contributed by atoms with van der Waals surface area (Å²) in [5.41, 5.74) is -0.591. The lowest BCUT2D eigenvalue weighted by atomic mass is 9.93. The average Bonchev–Trinajstić information content (AvgIpc) is 1.83. The second kappa shape index (κ2) is 3.31. The van der Waals surface area contributed by atoms with E-state index in [0.29, 0.717) is 6.42 Å². The SMILES string of the molecule is CC(C)(C#N)CC[Si](C)(F)F. The van der Waals surface area contributed by atoms with Crippen LogP contribution in [0.5, 0.6) is 0 Å². The first-order valence-corrected chi connectivity index (χ1v) is 6.02. The molecule has 0 heterocycles. The molecule has 0 saturated carbocycles. The first-order chi connectivity index (χ1) is 4.77. The molecule has 0 aliphatic carbocycles. The summed E-state index contributed by atoms with van der Waals surface area (Å²) in [6.45, 7) is 4.39. The van der Waals surface area contributed by atoms with Crippen molar-refractivity contribution in [1.29, 1.82) is 5.26 Å². The van der Waals surface area contributed by atoms with Crippen LogP contribution < -0.4 is 0 Å². The molecule has 0 amide bonds. The Balaban J connectivity index is 3.83. The molecule has 0 aliphatic heterocycles. The molecule has 0 aliphatic rings. The van der Waals surface area contributed by atoms with Crippen molar-refractivity contribution in [3.63, 3.8) is 0 Å². The van der Waals surface area contributed by atoms with E-state index < -0.39 is 14.2 Å². The van der Waals surface area contributed by atoms with Crippen LogP contribution in [-0.2, 0) is 0 Å². The highest BCUT2D eigenvalue weighted by Crippen LogP contribution is 2.26. The molecule has 4 heteroatoms. The van der Waals surface area contributed by atoms with Gasteiger partial charge >= 0.3 is 8.74 Å². The maximum absolute atomic E-state index is 12.4. The standard InChI is InChI=1S/C7H13F2NSi/c1-7(2,6-10)4-5-11(3,8)9/h4-5H2,1-3H3. The van der Waals surface area contributed by atoms with Crippen LogP contribution in [0, 0.1) is 16.7 Å². The molecule has 0 atom stereocenters. The van der Waals surface area contributed by atoms with Gasteiger partial charge in [0.1, 0.15) is 0 Å². The van der Waals surface area contributed by atoms with E-state index in [0.717, 1.165) is 6.55 Å². The van der Waals surface area contributed by atoms with Crippen LogP contribution in [0.3, 0.4) is 0 Å². The van der Waals surface area contributed by atoms with E-state index >= 15 is 0 Å². The predicted molar refractivity (Wildman–Crippen MR) is 42.7 cm³/mol. The molecule has 64 valence electrons. The maximum atomic E-state index is 12.4. The topological polar surface area (TPSA) is 23.8 Å². The van der Waals surface area contributed by atoms with E-state index in [-0.39, 0.29) is 6.04 Å². The lowest BCUT2D eigenvalue weighted by molar-refractivity contribution is 0.455. The molecule has 0 aromatic carbocycles. The zero-order valence-electron chi connectivity index (χ0n) is 7.12. The monoisotopic (exact) mass is 177 g/mol. The van der Waals surface area contributed by atoms with Gasteiger partial charge in [0.25, 0.3) is 0 Å². The quantitative estimate of drug-likeness (QED) is 0.480. The third kappa shape index (κ3) is 5.98. The van der Waals surface area contributed by atoms with Crippen molar-refractivity contribution in [2.45, 2.75) is 32.9 Å². The van der Waals surface area contributed by atoms with Crippen LogP contribution in [-0.4, -0.2) is 8.74 Å². The lowest BCUT2D eigenvalue weighted by Gasteiger charge is -2.16. The molecule has 11 heavy (non-hydrogen) atoms. The summed E-state index contributed by atoms with van der Waals surface area (Å²) >= 11 is 0. The van der Waals surface area contributed by atoms with Crippen molar-refractivity contribution in [1.82, 2.24) is 0 Å². The molecular formula is C7H13F2NSi. The molecule has 0 radical (unpaired) electrons. The predicted octanol–water partition coefficient (Wildman–Crippen LogP) is 2.94. The minimum Gasteiger partial charge on any atom is -0.271 e. The van der Waals surface area contributed by atoms with Gasteiger partial charge in [0.15, 0.2) is 0 Å². The number of hydrogen-bond acceptors (Lipinski definition) is 1. The van der Waals surface area contributed by atoms with Crippen LogP contribution in [0.25, 0.3) is 0 Å². The Bertz CT molecular complexity index is 166. The van der Waals surface area contributed by atoms with Gasteiger partial charge in [0.2, 0.25) is 0 Å². The number of halogens is 2. The van der Waals surface area contributed by atoms with E-state index in [1.54, 1.807) is 13.8 Å². The van der Waals surface area contributed by atoms with E-state index in [2.05, 4.69) is 0 Å². The molecule has 0 aromatic heterocycles. The fraction of sp³-hybridized carbons (Fsp3) is 0.857. The van der Waals surface area contributed by atoms with Crippen LogP contribution in [0.2, 0.25) is 12.6 Å². The van der Waals surface area contributed by atoms with E-state index in [4.69, 9.17) is 5.26 Å².